The van der Waals surface area contributed by atoms with Crippen molar-refractivity contribution in [3.05, 3.63) is 53.5 Å². The molecule has 1 aromatic carbocycles. The molecule has 0 bridgehead atoms. The topological polar surface area (TPSA) is 70.3 Å². The van der Waals surface area contributed by atoms with Crippen LogP contribution in [0.25, 0.3) is 11.2 Å². The van der Waals surface area contributed by atoms with E-state index in [0.29, 0.717) is 23.3 Å². The Balaban J connectivity index is 1.94. The second-order valence-electron chi connectivity index (χ2n) is 4.52. The van der Waals surface area contributed by atoms with Crippen LogP contribution in [0, 0.1) is 5.41 Å². The van der Waals surface area contributed by atoms with E-state index < -0.39 is 11.7 Å². The summed E-state index contributed by atoms with van der Waals surface area (Å²) in [6, 6.07) is 4.93. The highest BCUT2D eigenvalue weighted by Crippen LogP contribution is 2.29. The zero-order valence-electron chi connectivity index (χ0n) is 10.6. The maximum Gasteiger partial charge on any atom is 0.416 e. The van der Waals surface area contributed by atoms with Crippen LogP contribution in [0.5, 0.6) is 0 Å². The van der Waals surface area contributed by atoms with Gasteiger partial charge in [0.25, 0.3) is 0 Å². The Morgan fingerprint density at radius 1 is 1.14 bits per heavy atom. The molecule has 0 aliphatic carbocycles. The van der Waals surface area contributed by atoms with Crippen molar-refractivity contribution in [1.82, 2.24) is 19.5 Å². The molecule has 0 atom stereocenters. The predicted octanol–water partition coefficient (Wildman–Crippen LogP) is 2.31. The van der Waals surface area contributed by atoms with Crippen LogP contribution in [0.3, 0.4) is 0 Å². The zero-order chi connectivity index (χ0) is 15.0. The van der Waals surface area contributed by atoms with Crippen molar-refractivity contribution in [2.45, 2.75) is 12.7 Å². The van der Waals surface area contributed by atoms with E-state index in [1.165, 1.54) is 24.8 Å². The average molecular weight is 293 g/mol. The third-order valence-electron chi connectivity index (χ3n) is 3.09. The molecule has 21 heavy (non-hydrogen) atoms. The quantitative estimate of drug-likeness (QED) is 0.761. The number of alkyl halides is 3. The summed E-state index contributed by atoms with van der Waals surface area (Å²) in [5, 5.41) is 7.63. The lowest BCUT2D eigenvalue weighted by Gasteiger charge is -2.09. The summed E-state index contributed by atoms with van der Waals surface area (Å²) in [5.41, 5.74) is 1.11. The van der Waals surface area contributed by atoms with Gasteiger partial charge in [0, 0.05) is 0 Å². The molecule has 0 spiro atoms. The van der Waals surface area contributed by atoms with Crippen molar-refractivity contribution in [2.24, 2.45) is 0 Å². The van der Waals surface area contributed by atoms with Gasteiger partial charge in [-0.3, -0.25) is 5.41 Å². The number of nitrogens with one attached hydrogen (secondary N) is 2. The number of fused-ring (bicyclic) bond motifs is 1. The molecule has 0 amide bonds. The lowest BCUT2D eigenvalue weighted by atomic mass is 10.1. The summed E-state index contributed by atoms with van der Waals surface area (Å²) in [7, 11) is 0. The number of halogens is 3. The first-order valence-electron chi connectivity index (χ1n) is 6.04. The second kappa shape index (κ2) is 4.72. The van der Waals surface area contributed by atoms with Crippen molar-refractivity contribution in [1.29, 1.82) is 5.41 Å². The van der Waals surface area contributed by atoms with E-state index in [1.54, 1.807) is 4.57 Å². The summed E-state index contributed by atoms with van der Waals surface area (Å²) in [6.45, 7) is 0.326. The molecule has 2 N–H and O–H groups in total. The Morgan fingerprint density at radius 3 is 2.52 bits per heavy atom. The number of aromatic amines is 1. The molecular formula is C13H10F3N5. The van der Waals surface area contributed by atoms with Crippen molar-refractivity contribution in [2.75, 3.05) is 0 Å². The number of H-pyrrole nitrogens is 1. The minimum atomic E-state index is -4.34. The van der Waals surface area contributed by atoms with Crippen LogP contribution in [0.1, 0.15) is 11.1 Å². The van der Waals surface area contributed by atoms with Gasteiger partial charge in [-0.05, 0) is 17.7 Å². The Labute approximate surface area is 116 Å². The molecule has 0 unspecified atom stereocenters. The highest BCUT2D eigenvalue weighted by atomic mass is 19.4. The van der Waals surface area contributed by atoms with E-state index in [1.807, 2.05) is 0 Å². The van der Waals surface area contributed by atoms with Gasteiger partial charge in [-0.15, -0.1) is 0 Å². The summed E-state index contributed by atoms with van der Waals surface area (Å²) in [5.74, 6) is 0. The molecule has 2 heterocycles. The van der Waals surface area contributed by atoms with E-state index in [-0.39, 0.29) is 5.49 Å². The van der Waals surface area contributed by atoms with Gasteiger partial charge < -0.3 is 9.55 Å². The minimum absolute atomic E-state index is 0.0752. The maximum atomic E-state index is 12.5. The number of nitrogens with zero attached hydrogens (tertiary/aromatic N) is 3. The van der Waals surface area contributed by atoms with Gasteiger partial charge in [0.1, 0.15) is 5.52 Å². The lowest BCUT2D eigenvalue weighted by molar-refractivity contribution is -0.137. The fraction of sp³-hybridized carbons (Fsp3) is 0.154. The standard InChI is InChI=1S/C13H10F3N5/c14-13(15,16)9-3-1-8(2-4-9)5-21-7-20-11(17)10-12(21)19-6-18-10/h1-4,6-7,17H,5H2,(H,18,19). The second-order valence-corrected chi connectivity index (χ2v) is 4.52. The molecule has 0 aliphatic rings. The SMILES string of the molecule is N=c1ncn(Cc2ccc(C(F)(F)F)cc2)c2nc[nH]c12. The number of aromatic nitrogens is 4. The average Bonchev–Trinajstić information content (AvgIpc) is 2.92. The molecule has 0 aliphatic heterocycles. The summed E-state index contributed by atoms with van der Waals surface area (Å²) >= 11 is 0. The lowest BCUT2D eigenvalue weighted by Crippen LogP contribution is -2.13. The Hall–Kier alpha value is -2.64. The fourth-order valence-electron chi connectivity index (χ4n) is 2.04. The van der Waals surface area contributed by atoms with Crippen LogP contribution in [0.15, 0.2) is 36.9 Å². The fourth-order valence-corrected chi connectivity index (χ4v) is 2.04. The van der Waals surface area contributed by atoms with Crippen molar-refractivity contribution in [3.63, 3.8) is 0 Å². The number of imidazole rings is 1. The highest BCUT2D eigenvalue weighted by molar-refractivity contribution is 5.68. The first kappa shape index (κ1) is 13.3. The van der Waals surface area contributed by atoms with E-state index in [4.69, 9.17) is 5.41 Å². The third-order valence-corrected chi connectivity index (χ3v) is 3.09. The molecule has 0 radical (unpaired) electrons. The number of hydrogen-bond donors (Lipinski definition) is 2. The molecule has 0 fully saturated rings. The molecule has 5 nitrogen and oxygen atoms in total. The maximum absolute atomic E-state index is 12.5. The smallest absolute Gasteiger partial charge is 0.340 e. The number of rotatable bonds is 2. The van der Waals surface area contributed by atoms with Crippen molar-refractivity contribution < 1.29 is 13.2 Å². The van der Waals surface area contributed by atoms with Gasteiger partial charge in [0.05, 0.1) is 24.8 Å². The molecule has 108 valence electrons. The zero-order valence-corrected chi connectivity index (χ0v) is 10.6. The first-order valence-corrected chi connectivity index (χ1v) is 6.04. The molecule has 8 heteroatoms. The molecule has 3 aromatic rings. The largest absolute Gasteiger partial charge is 0.416 e. The van der Waals surface area contributed by atoms with E-state index in [2.05, 4.69) is 15.0 Å². The highest BCUT2D eigenvalue weighted by Gasteiger charge is 2.29. The molecule has 3 rings (SSSR count). The third kappa shape index (κ3) is 2.51. The van der Waals surface area contributed by atoms with Crippen LogP contribution in [-0.2, 0) is 12.7 Å². The van der Waals surface area contributed by atoms with Gasteiger partial charge in [0.15, 0.2) is 11.1 Å². The van der Waals surface area contributed by atoms with E-state index in [9.17, 15) is 13.2 Å². The van der Waals surface area contributed by atoms with Gasteiger partial charge >= 0.3 is 6.18 Å². The molecular weight excluding hydrogens is 283 g/mol. The van der Waals surface area contributed by atoms with Crippen molar-refractivity contribution >= 4 is 11.2 Å². The monoisotopic (exact) mass is 293 g/mol. The number of benzene rings is 1. The van der Waals surface area contributed by atoms with Gasteiger partial charge in [-0.2, -0.15) is 13.2 Å². The normalized spacial score (nSPS) is 12.0. The molecule has 0 saturated heterocycles. The van der Waals surface area contributed by atoms with Crippen molar-refractivity contribution in [3.8, 4) is 0 Å². The Bertz CT molecular complexity index is 829. The molecule has 2 aromatic heterocycles. The van der Waals surface area contributed by atoms with Crippen LogP contribution in [-0.4, -0.2) is 19.5 Å². The summed E-state index contributed by atoms with van der Waals surface area (Å²) < 4.78 is 39.2. The van der Waals surface area contributed by atoms with Crippen LogP contribution in [0.2, 0.25) is 0 Å². The van der Waals surface area contributed by atoms with E-state index in [0.717, 1.165) is 12.1 Å². The Morgan fingerprint density at radius 2 is 1.86 bits per heavy atom. The van der Waals surface area contributed by atoms with Crippen LogP contribution in [0.4, 0.5) is 13.2 Å². The van der Waals surface area contributed by atoms with Gasteiger partial charge in [-0.1, -0.05) is 12.1 Å². The van der Waals surface area contributed by atoms with E-state index >= 15 is 0 Å². The van der Waals surface area contributed by atoms with Crippen LogP contribution < -0.4 is 5.49 Å². The van der Waals surface area contributed by atoms with Gasteiger partial charge in [0.2, 0.25) is 0 Å². The summed E-state index contributed by atoms with van der Waals surface area (Å²) in [6.07, 6.45) is -1.44. The Kier molecular flexibility index (Phi) is 3.00. The van der Waals surface area contributed by atoms with Gasteiger partial charge in [-0.25, -0.2) is 9.97 Å². The molecule has 0 saturated carbocycles. The van der Waals surface area contributed by atoms with Crippen LogP contribution >= 0.6 is 0 Å². The first-order chi connectivity index (χ1) is 9.95. The predicted molar refractivity (Wildman–Crippen MR) is 68.3 cm³/mol. The number of hydrogen-bond acceptors (Lipinski definition) is 3. The summed E-state index contributed by atoms with van der Waals surface area (Å²) in [4.78, 5) is 10.8. The minimum Gasteiger partial charge on any atom is -0.340 e.